The zero-order valence-electron chi connectivity index (χ0n) is 30.6. The molecule has 12 nitrogen and oxygen atoms in total. The van der Waals surface area contributed by atoms with Gasteiger partial charge in [-0.15, -0.1) is 36.3 Å². The van der Waals surface area contributed by atoms with Crippen molar-refractivity contribution in [3.63, 3.8) is 0 Å². The quantitative estimate of drug-likeness (QED) is 0.0364. The van der Waals surface area contributed by atoms with E-state index in [4.69, 9.17) is 33.0 Å². The van der Waals surface area contributed by atoms with Gasteiger partial charge >= 0.3 is 13.8 Å². The Kier molecular flexibility index (Phi) is 15.8. The Bertz CT molecular complexity index is 2140. The first-order chi connectivity index (χ1) is 27.5. The number of carbonyl (C=O) groups is 1. The van der Waals surface area contributed by atoms with Crippen molar-refractivity contribution in [2.45, 2.75) is 42.5 Å². The van der Waals surface area contributed by atoms with Crippen LogP contribution in [0.15, 0.2) is 104 Å². The number of hydrogen-bond acceptors (Lipinski definition) is 13. The van der Waals surface area contributed by atoms with E-state index >= 15 is 4.39 Å². The summed E-state index contributed by atoms with van der Waals surface area (Å²) < 4.78 is 93.3. The minimum absolute atomic E-state index is 0.0617. The van der Waals surface area contributed by atoms with E-state index in [9.17, 15) is 18.1 Å². The third kappa shape index (κ3) is 11.7. The Hall–Kier alpha value is -4.63. The number of halogens is 3. The van der Waals surface area contributed by atoms with E-state index in [0.29, 0.717) is 11.6 Å². The molecular formula is C39H38F3N4O8PS2. The zero-order valence-corrected chi connectivity index (χ0v) is 33.1. The van der Waals surface area contributed by atoms with Crippen LogP contribution in [0.1, 0.15) is 38.8 Å². The number of hydrogen-bond donors (Lipinski definition) is 0. The van der Waals surface area contributed by atoms with E-state index in [-0.39, 0.29) is 66.4 Å². The fourth-order valence-electron chi connectivity index (χ4n) is 5.51. The average molecular weight is 843 g/mol. The first-order valence-corrected chi connectivity index (χ1v) is 20.5. The molecule has 0 radical (unpaired) electrons. The van der Waals surface area contributed by atoms with Crippen molar-refractivity contribution in [2.75, 3.05) is 26.4 Å². The SMILES string of the molecule is C=CCOP(=O)(OCC=C)OCc1ccsc1C(=O)O[C@@](Cn1cncn1)(c1ccc(F)cc1F)[C@@H](C)S[C@H]1CO[C@H](/C=C/C=C/c2ccc(C#N)cc2F)OC1. The molecule has 300 valence electrons. The monoisotopic (exact) mass is 842 g/mol. The number of carbonyl (C=O) groups excluding carboxylic acids is 1. The van der Waals surface area contributed by atoms with Gasteiger partial charge in [0.15, 0.2) is 11.9 Å². The third-order valence-corrected chi connectivity index (χ3v) is 12.0. The maximum absolute atomic E-state index is 15.9. The number of rotatable bonds is 20. The lowest BCUT2D eigenvalue weighted by Gasteiger charge is -2.40. The molecule has 3 heterocycles. The first kappa shape index (κ1) is 43.5. The van der Waals surface area contributed by atoms with Gasteiger partial charge in [0, 0.05) is 28.0 Å². The Morgan fingerprint density at radius 2 is 1.86 bits per heavy atom. The molecule has 2 aromatic carbocycles. The molecule has 1 aliphatic heterocycles. The molecule has 2 aromatic heterocycles. The van der Waals surface area contributed by atoms with Gasteiger partial charge in [0.25, 0.3) is 0 Å². The molecule has 5 rings (SSSR count). The summed E-state index contributed by atoms with van der Waals surface area (Å²) in [5, 5.41) is 13.7. The summed E-state index contributed by atoms with van der Waals surface area (Å²) in [5.41, 5.74) is -1.14. The molecule has 0 aliphatic carbocycles. The molecule has 0 bridgehead atoms. The van der Waals surface area contributed by atoms with Crippen LogP contribution in [-0.2, 0) is 51.1 Å². The number of esters is 1. The Labute approximate surface area is 335 Å². The molecule has 0 amide bonds. The zero-order chi connectivity index (χ0) is 40.8. The molecule has 0 unspecified atom stereocenters. The van der Waals surface area contributed by atoms with Crippen molar-refractivity contribution in [1.29, 1.82) is 5.26 Å². The lowest BCUT2D eigenvalue weighted by Crippen LogP contribution is -2.47. The predicted octanol–water partition coefficient (Wildman–Crippen LogP) is 8.54. The molecule has 18 heteroatoms. The number of aromatic nitrogens is 3. The number of benzene rings is 2. The summed E-state index contributed by atoms with van der Waals surface area (Å²) in [6.45, 7) is 8.32. The number of nitriles is 1. The molecule has 57 heavy (non-hydrogen) atoms. The van der Waals surface area contributed by atoms with E-state index in [2.05, 4.69) is 23.2 Å². The van der Waals surface area contributed by atoms with Crippen molar-refractivity contribution in [1.82, 2.24) is 14.8 Å². The first-order valence-electron chi connectivity index (χ1n) is 17.3. The van der Waals surface area contributed by atoms with E-state index in [1.54, 1.807) is 42.7 Å². The van der Waals surface area contributed by atoms with Crippen LogP contribution in [0.4, 0.5) is 13.2 Å². The van der Waals surface area contributed by atoms with Crippen LogP contribution in [0.25, 0.3) is 6.08 Å². The van der Waals surface area contributed by atoms with Crippen LogP contribution < -0.4 is 0 Å². The van der Waals surface area contributed by atoms with Gasteiger partial charge in [-0.2, -0.15) is 10.4 Å². The lowest BCUT2D eigenvalue weighted by molar-refractivity contribution is -0.146. The average Bonchev–Trinajstić information content (AvgIpc) is 3.91. The second-order valence-corrected chi connectivity index (χ2v) is 16.4. The van der Waals surface area contributed by atoms with Crippen LogP contribution in [0, 0.1) is 28.8 Å². The number of ether oxygens (including phenoxy) is 3. The summed E-state index contributed by atoms with van der Waals surface area (Å²) >= 11 is 2.32. The van der Waals surface area contributed by atoms with Gasteiger partial charge in [0.05, 0.1) is 56.5 Å². The normalized spacial score (nSPS) is 17.6. The van der Waals surface area contributed by atoms with Gasteiger partial charge in [-0.25, -0.2) is 32.2 Å². The van der Waals surface area contributed by atoms with Crippen LogP contribution in [-0.4, -0.2) is 64.0 Å². The van der Waals surface area contributed by atoms with Gasteiger partial charge in [-0.1, -0.05) is 36.4 Å². The molecule has 1 fully saturated rings. The summed E-state index contributed by atoms with van der Waals surface area (Å²) in [6.07, 6.45) is 11.1. The molecule has 0 spiro atoms. The summed E-state index contributed by atoms with van der Waals surface area (Å²) in [5.74, 6) is -3.19. The maximum Gasteiger partial charge on any atom is 0.475 e. The van der Waals surface area contributed by atoms with Crippen LogP contribution in [0.2, 0.25) is 0 Å². The summed E-state index contributed by atoms with van der Waals surface area (Å²) in [6, 6.07) is 10.6. The Morgan fingerprint density at radius 3 is 2.51 bits per heavy atom. The van der Waals surface area contributed by atoms with Gasteiger partial charge < -0.3 is 14.2 Å². The van der Waals surface area contributed by atoms with Crippen molar-refractivity contribution in [2.24, 2.45) is 0 Å². The second kappa shape index (κ2) is 20.7. The van der Waals surface area contributed by atoms with Gasteiger partial charge in [-0.3, -0.25) is 13.6 Å². The van der Waals surface area contributed by atoms with Gasteiger partial charge in [0.1, 0.15) is 35.0 Å². The molecule has 1 saturated heterocycles. The molecule has 0 saturated carbocycles. The van der Waals surface area contributed by atoms with Gasteiger partial charge in [0.2, 0.25) is 0 Å². The number of allylic oxidation sites excluding steroid dienone is 2. The van der Waals surface area contributed by atoms with Gasteiger partial charge in [-0.05, 0) is 48.7 Å². The number of phosphoric acid groups is 1. The largest absolute Gasteiger partial charge is 0.475 e. The smallest absolute Gasteiger partial charge is 0.447 e. The number of nitrogens with zero attached hydrogens (tertiary/aromatic N) is 4. The van der Waals surface area contributed by atoms with E-state index in [1.165, 1.54) is 59.4 Å². The van der Waals surface area contributed by atoms with E-state index in [0.717, 1.165) is 23.5 Å². The summed E-state index contributed by atoms with van der Waals surface area (Å²) in [7, 11) is -4.10. The Morgan fingerprint density at radius 1 is 1.11 bits per heavy atom. The summed E-state index contributed by atoms with van der Waals surface area (Å²) in [4.78, 5) is 18.3. The topological polar surface area (TPSA) is 144 Å². The number of thiophene rings is 1. The van der Waals surface area contributed by atoms with Crippen LogP contribution in [0.5, 0.6) is 0 Å². The van der Waals surface area contributed by atoms with Crippen molar-refractivity contribution in [3.8, 4) is 6.07 Å². The van der Waals surface area contributed by atoms with Crippen molar-refractivity contribution in [3.05, 3.63) is 149 Å². The molecule has 0 N–H and O–H groups in total. The van der Waals surface area contributed by atoms with E-state index < -0.39 is 48.4 Å². The minimum Gasteiger partial charge on any atom is -0.447 e. The molecule has 4 aromatic rings. The van der Waals surface area contributed by atoms with Crippen molar-refractivity contribution >= 4 is 43.0 Å². The molecular weight excluding hydrogens is 805 g/mol. The van der Waals surface area contributed by atoms with Crippen molar-refractivity contribution < 1.29 is 50.3 Å². The van der Waals surface area contributed by atoms with Crippen LogP contribution >= 0.6 is 30.9 Å². The Balaban J connectivity index is 1.36. The highest BCUT2D eigenvalue weighted by Gasteiger charge is 2.47. The second-order valence-electron chi connectivity index (χ2n) is 12.2. The predicted molar refractivity (Wildman–Crippen MR) is 208 cm³/mol. The fraction of sp³-hybridized carbons (Fsp3) is 0.282. The molecule has 2 atom stereocenters. The number of thioether (sulfide) groups is 1. The standard InChI is InChI=1S/C39H38F3N4O8PS2/c1-4-15-51-55(48,52-16-5-2)53-21-30-14-17-56-37(30)38(47)54-39(24-46-26-44-25-45-46,33-13-12-31(40)19-35(33)42)27(3)57-32-22-49-36(50-23-32)9-7-6-8-29-11-10-28(20-43)18-34(29)41/h4-14,17-19,25-27,32,36H,1-2,15-16,21-24H2,3H3/b8-6+,9-7+/t27-,32-,36-,39-/m1/s1. The maximum atomic E-state index is 15.9. The highest BCUT2D eigenvalue weighted by atomic mass is 32.2. The fourth-order valence-corrected chi connectivity index (χ4v) is 8.76. The minimum atomic E-state index is -4.10. The van der Waals surface area contributed by atoms with Crippen LogP contribution in [0.3, 0.4) is 0 Å². The third-order valence-electron chi connectivity index (χ3n) is 8.27. The highest BCUT2D eigenvalue weighted by Crippen LogP contribution is 2.50. The number of phosphoric ester groups is 1. The molecule has 1 aliphatic rings. The highest BCUT2D eigenvalue weighted by molar-refractivity contribution is 8.00. The van der Waals surface area contributed by atoms with E-state index in [1.807, 2.05) is 6.07 Å². The lowest BCUT2D eigenvalue weighted by atomic mass is 9.89.